The van der Waals surface area contributed by atoms with E-state index in [0.29, 0.717) is 5.56 Å². The number of carboxylic acid groups (broad SMARTS) is 2. The quantitative estimate of drug-likeness (QED) is 0.860. The molecule has 0 saturated carbocycles. The number of benzene rings is 1. The van der Waals surface area contributed by atoms with E-state index in [0.717, 1.165) is 16.0 Å². The first-order valence-electron chi connectivity index (χ1n) is 6.70. The molecule has 6 heteroatoms. The van der Waals surface area contributed by atoms with Crippen LogP contribution in [0.25, 0.3) is 0 Å². The number of amides is 1. The van der Waals surface area contributed by atoms with Crippen LogP contribution in [0.2, 0.25) is 0 Å². The predicted octanol–water partition coefficient (Wildman–Crippen LogP) is 1.69. The molecule has 0 aromatic heterocycles. The number of aliphatic carboxylic acids is 2. The van der Waals surface area contributed by atoms with Crippen molar-refractivity contribution in [3.63, 3.8) is 0 Å². The molecule has 2 rings (SSSR count). The summed E-state index contributed by atoms with van der Waals surface area (Å²) in [5, 5.41) is 18.0. The molecule has 1 atom stereocenters. The number of carbonyl (C=O) groups is 3. The summed E-state index contributed by atoms with van der Waals surface area (Å²) in [4.78, 5) is 35.6. The molecule has 112 valence electrons. The molecule has 0 aliphatic carbocycles. The van der Waals surface area contributed by atoms with Crippen LogP contribution >= 0.6 is 0 Å². The Morgan fingerprint density at radius 1 is 1.29 bits per heavy atom. The van der Waals surface area contributed by atoms with Gasteiger partial charge in [0.2, 0.25) is 0 Å². The van der Waals surface area contributed by atoms with Crippen molar-refractivity contribution >= 4 is 17.8 Å². The number of carbonyl (C=O) groups excluding carboxylic acids is 1. The molecule has 0 bridgehead atoms. The smallest absolute Gasteiger partial charge is 0.327 e. The van der Waals surface area contributed by atoms with Gasteiger partial charge in [-0.05, 0) is 23.1 Å². The Hall–Kier alpha value is -2.37. The maximum absolute atomic E-state index is 12.4. The van der Waals surface area contributed by atoms with Gasteiger partial charge in [-0.1, -0.05) is 26.0 Å². The third-order valence-electron chi connectivity index (χ3n) is 3.68. The van der Waals surface area contributed by atoms with E-state index >= 15 is 0 Å². The van der Waals surface area contributed by atoms with E-state index in [-0.39, 0.29) is 12.5 Å². The van der Waals surface area contributed by atoms with Gasteiger partial charge < -0.3 is 15.1 Å². The van der Waals surface area contributed by atoms with E-state index in [2.05, 4.69) is 0 Å². The summed E-state index contributed by atoms with van der Waals surface area (Å²) in [6, 6.07) is 3.99. The van der Waals surface area contributed by atoms with Gasteiger partial charge >= 0.3 is 11.9 Å². The van der Waals surface area contributed by atoms with Crippen LogP contribution in [0.15, 0.2) is 18.2 Å². The Kier molecular flexibility index (Phi) is 3.97. The van der Waals surface area contributed by atoms with Gasteiger partial charge in [-0.25, -0.2) is 4.79 Å². The van der Waals surface area contributed by atoms with E-state index in [9.17, 15) is 19.5 Å². The van der Waals surface area contributed by atoms with Crippen molar-refractivity contribution in [2.45, 2.75) is 38.8 Å². The van der Waals surface area contributed by atoms with Crippen LogP contribution in [0.3, 0.4) is 0 Å². The third-order valence-corrected chi connectivity index (χ3v) is 3.68. The van der Waals surface area contributed by atoms with Gasteiger partial charge in [0, 0.05) is 12.1 Å². The summed E-state index contributed by atoms with van der Waals surface area (Å²) in [6.07, 6.45) is -0.605. The molecule has 0 saturated heterocycles. The van der Waals surface area contributed by atoms with Gasteiger partial charge in [0.1, 0.15) is 6.04 Å². The minimum absolute atomic E-state index is 0.146. The number of hydrogen-bond donors (Lipinski definition) is 2. The lowest BCUT2D eigenvalue weighted by atomic mass is 9.95. The molecule has 1 heterocycles. The van der Waals surface area contributed by atoms with E-state index in [1.165, 1.54) is 0 Å². The Labute approximate surface area is 122 Å². The van der Waals surface area contributed by atoms with E-state index < -0.39 is 30.3 Å². The van der Waals surface area contributed by atoms with E-state index in [4.69, 9.17) is 5.11 Å². The third kappa shape index (κ3) is 2.74. The Morgan fingerprint density at radius 3 is 2.48 bits per heavy atom. The molecule has 1 unspecified atom stereocenters. The second kappa shape index (κ2) is 5.55. The summed E-state index contributed by atoms with van der Waals surface area (Å²) in [5.41, 5.74) is 2.26. The van der Waals surface area contributed by atoms with Crippen molar-refractivity contribution in [3.8, 4) is 0 Å². The normalized spacial score (nSPS) is 15.2. The summed E-state index contributed by atoms with van der Waals surface area (Å²) in [7, 11) is 0. The molecule has 1 aliphatic rings. The van der Waals surface area contributed by atoms with Crippen LogP contribution in [0.4, 0.5) is 0 Å². The fourth-order valence-electron chi connectivity index (χ4n) is 2.67. The van der Waals surface area contributed by atoms with Crippen molar-refractivity contribution in [1.29, 1.82) is 0 Å². The molecule has 21 heavy (non-hydrogen) atoms. The number of fused-ring (bicyclic) bond motifs is 1. The molecule has 0 spiro atoms. The largest absolute Gasteiger partial charge is 0.481 e. The molecule has 1 amide bonds. The summed E-state index contributed by atoms with van der Waals surface area (Å²) >= 11 is 0. The molecule has 2 N–H and O–H groups in total. The fraction of sp³-hybridized carbons (Fsp3) is 0.400. The zero-order valence-corrected chi connectivity index (χ0v) is 11.9. The summed E-state index contributed by atoms with van der Waals surface area (Å²) in [5.74, 6) is -2.75. The minimum atomic E-state index is -1.34. The maximum Gasteiger partial charge on any atom is 0.327 e. The number of rotatable bonds is 5. The van der Waals surface area contributed by atoms with Crippen LogP contribution in [-0.4, -0.2) is 39.0 Å². The number of hydrogen-bond acceptors (Lipinski definition) is 3. The van der Waals surface area contributed by atoms with Gasteiger partial charge in [-0.2, -0.15) is 0 Å². The highest BCUT2D eigenvalue weighted by Crippen LogP contribution is 2.31. The lowest BCUT2D eigenvalue weighted by Gasteiger charge is -2.22. The molecule has 1 aliphatic heterocycles. The Bertz CT molecular complexity index is 608. The van der Waals surface area contributed by atoms with Crippen molar-refractivity contribution in [2.24, 2.45) is 0 Å². The van der Waals surface area contributed by atoms with E-state index in [1.807, 2.05) is 19.9 Å². The highest BCUT2D eigenvalue weighted by atomic mass is 16.4. The van der Waals surface area contributed by atoms with Crippen molar-refractivity contribution in [2.75, 3.05) is 0 Å². The zero-order valence-electron chi connectivity index (χ0n) is 11.9. The van der Waals surface area contributed by atoms with Gasteiger partial charge in [0.25, 0.3) is 5.91 Å². The first-order chi connectivity index (χ1) is 9.82. The Morgan fingerprint density at radius 2 is 1.95 bits per heavy atom. The first kappa shape index (κ1) is 15.0. The summed E-state index contributed by atoms with van der Waals surface area (Å²) < 4.78 is 0. The summed E-state index contributed by atoms with van der Waals surface area (Å²) in [6.45, 7) is 4.14. The first-order valence-corrected chi connectivity index (χ1v) is 6.70. The van der Waals surface area contributed by atoms with Crippen LogP contribution in [-0.2, 0) is 16.1 Å². The standard InChI is InChI=1S/C15H17NO5/c1-8(2)9-4-3-5-10-11(9)7-16(14(10)19)12(15(20)21)6-13(17)18/h3-5,8,12H,6-7H2,1-2H3,(H,17,18)(H,20,21). The van der Waals surface area contributed by atoms with Crippen molar-refractivity contribution in [3.05, 3.63) is 34.9 Å². The minimum Gasteiger partial charge on any atom is -0.481 e. The number of carboxylic acids is 2. The molecule has 1 aromatic carbocycles. The predicted molar refractivity (Wildman–Crippen MR) is 74.1 cm³/mol. The number of nitrogens with zero attached hydrogens (tertiary/aromatic N) is 1. The highest BCUT2D eigenvalue weighted by molar-refractivity contribution is 6.01. The van der Waals surface area contributed by atoms with Crippen LogP contribution < -0.4 is 0 Å². The van der Waals surface area contributed by atoms with Gasteiger partial charge in [-0.3, -0.25) is 9.59 Å². The molecule has 1 aromatic rings. The second-order valence-corrected chi connectivity index (χ2v) is 5.41. The monoisotopic (exact) mass is 291 g/mol. The highest BCUT2D eigenvalue weighted by Gasteiger charge is 2.38. The SMILES string of the molecule is CC(C)c1cccc2c1CN(C(CC(=O)O)C(=O)O)C2=O. The van der Waals surface area contributed by atoms with E-state index in [1.54, 1.807) is 12.1 Å². The van der Waals surface area contributed by atoms with Crippen molar-refractivity contribution in [1.82, 2.24) is 4.90 Å². The lowest BCUT2D eigenvalue weighted by Crippen LogP contribution is -2.42. The lowest BCUT2D eigenvalue weighted by molar-refractivity contribution is -0.148. The van der Waals surface area contributed by atoms with Crippen LogP contribution in [0.5, 0.6) is 0 Å². The molecular formula is C15H17NO5. The van der Waals surface area contributed by atoms with Crippen LogP contribution in [0, 0.1) is 0 Å². The van der Waals surface area contributed by atoms with Crippen molar-refractivity contribution < 1.29 is 24.6 Å². The molecular weight excluding hydrogens is 274 g/mol. The van der Waals surface area contributed by atoms with Gasteiger partial charge in [0.05, 0.1) is 6.42 Å². The topological polar surface area (TPSA) is 94.9 Å². The average Bonchev–Trinajstić information content (AvgIpc) is 2.72. The fourth-order valence-corrected chi connectivity index (χ4v) is 2.67. The van der Waals surface area contributed by atoms with Crippen LogP contribution in [0.1, 0.15) is 47.7 Å². The zero-order chi connectivity index (χ0) is 15.7. The second-order valence-electron chi connectivity index (χ2n) is 5.41. The Balaban J connectivity index is 2.39. The van der Waals surface area contributed by atoms with Gasteiger partial charge in [0.15, 0.2) is 0 Å². The molecule has 0 radical (unpaired) electrons. The van der Waals surface area contributed by atoms with Gasteiger partial charge in [-0.15, -0.1) is 0 Å². The molecule has 6 nitrogen and oxygen atoms in total. The maximum atomic E-state index is 12.4. The molecule has 0 fully saturated rings. The average molecular weight is 291 g/mol.